The standard InChI is InChI=1S/C17H20N4O3S/c18-9-12-3-1-2-4-14(12)19-16(22)15-10-25-17(20-15)11-5-7-13(8-6-11)21(23)24/h5-8,10,12,14H,1-4,9,18H2,(H,19,22). The van der Waals surface area contributed by atoms with Crippen LogP contribution in [0.15, 0.2) is 29.6 Å². The maximum absolute atomic E-state index is 12.5. The molecule has 7 nitrogen and oxygen atoms in total. The van der Waals surface area contributed by atoms with Gasteiger partial charge in [0.25, 0.3) is 11.6 Å². The van der Waals surface area contributed by atoms with Crippen molar-refractivity contribution in [2.24, 2.45) is 11.7 Å². The van der Waals surface area contributed by atoms with Crippen LogP contribution in [0.5, 0.6) is 0 Å². The number of hydrogen-bond donors (Lipinski definition) is 2. The lowest BCUT2D eigenvalue weighted by Gasteiger charge is -2.31. The third-order valence-electron chi connectivity index (χ3n) is 4.59. The Labute approximate surface area is 149 Å². The first kappa shape index (κ1) is 17.5. The molecular weight excluding hydrogens is 340 g/mol. The zero-order chi connectivity index (χ0) is 17.8. The van der Waals surface area contributed by atoms with Gasteiger partial charge in [0.15, 0.2) is 0 Å². The number of hydrogen-bond acceptors (Lipinski definition) is 6. The van der Waals surface area contributed by atoms with Crippen LogP contribution in [-0.2, 0) is 0 Å². The summed E-state index contributed by atoms with van der Waals surface area (Å²) >= 11 is 1.35. The molecule has 3 rings (SSSR count). The number of nitrogens with two attached hydrogens (primary N) is 1. The van der Waals surface area contributed by atoms with Gasteiger partial charge in [0.05, 0.1) is 4.92 Å². The molecule has 0 aliphatic heterocycles. The molecule has 1 saturated carbocycles. The molecule has 2 aromatic rings. The molecule has 8 heteroatoms. The lowest BCUT2D eigenvalue weighted by molar-refractivity contribution is -0.384. The fraction of sp³-hybridized carbons (Fsp3) is 0.412. The third kappa shape index (κ3) is 4.02. The predicted octanol–water partition coefficient (Wildman–Crippen LogP) is 2.97. The monoisotopic (exact) mass is 360 g/mol. The molecule has 2 unspecified atom stereocenters. The summed E-state index contributed by atoms with van der Waals surface area (Å²) in [6.45, 7) is 0.579. The lowest BCUT2D eigenvalue weighted by atomic mass is 9.84. The summed E-state index contributed by atoms with van der Waals surface area (Å²) in [5.41, 5.74) is 6.97. The van der Waals surface area contributed by atoms with E-state index in [2.05, 4.69) is 10.3 Å². The summed E-state index contributed by atoms with van der Waals surface area (Å²) < 4.78 is 0. The van der Waals surface area contributed by atoms with E-state index in [0.29, 0.717) is 23.2 Å². The molecule has 3 N–H and O–H groups in total. The summed E-state index contributed by atoms with van der Waals surface area (Å²) in [7, 11) is 0. The number of nitro groups is 1. The molecule has 25 heavy (non-hydrogen) atoms. The number of carbonyl (C=O) groups is 1. The second kappa shape index (κ2) is 7.71. The zero-order valence-electron chi connectivity index (χ0n) is 13.7. The molecule has 2 atom stereocenters. The average molecular weight is 360 g/mol. The Morgan fingerprint density at radius 2 is 2.04 bits per heavy atom. The molecule has 1 aromatic carbocycles. The van der Waals surface area contributed by atoms with Gasteiger partial charge in [-0.3, -0.25) is 14.9 Å². The number of rotatable bonds is 5. The average Bonchev–Trinajstić information content (AvgIpc) is 3.12. The van der Waals surface area contributed by atoms with Crippen LogP contribution in [-0.4, -0.2) is 28.4 Å². The van der Waals surface area contributed by atoms with Crippen molar-refractivity contribution in [2.45, 2.75) is 31.7 Å². The van der Waals surface area contributed by atoms with Gasteiger partial charge in [-0.2, -0.15) is 0 Å². The fourth-order valence-corrected chi connectivity index (χ4v) is 3.96. The maximum atomic E-state index is 12.5. The third-order valence-corrected chi connectivity index (χ3v) is 5.48. The Hall–Kier alpha value is -2.32. The highest BCUT2D eigenvalue weighted by Crippen LogP contribution is 2.27. The van der Waals surface area contributed by atoms with E-state index in [1.54, 1.807) is 17.5 Å². The Morgan fingerprint density at radius 3 is 2.72 bits per heavy atom. The molecule has 1 heterocycles. The van der Waals surface area contributed by atoms with Crippen molar-refractivity contribution in [3.63, 3.8) is 0 Å². The van der Waals surface area contributed by atoms with Gasteiger partial charge < -0.3 is 11.1 Å². The van der Waals surface area contributed by atoms with Gasteiger partial charge in [-0.1, -0.05) is 12.8 Å². The van der Waals surface area contributed by atoms with E-state index in [4.69, 9.17) is 5.73 Å². The van der Waals surface area contributed by atoms with E-state index in [9.17, 15) is 14.9 Å². The Balaban J connectivity index is 1.70. The number of nitrogens with one attached hydrogen (secondary N) is 1. The molecule has 0 bridgehead atoms. The fourth-order valence-electron chi connectivity index (χ4n) is 3.16. The molecule has 1 amide bonds. The summed E-state index contributed by atoms with van der Waals surface area (Å²) in [4.78, 5) is 27.1. The Kier molecular flexibility index (Phi) is 5.40. The molecule has 0 spiro atoms. The van der Waals surface area contributed by atoms with Crippen LogP contribution >= 0.6 is 11.3 Å². The van der Waals surface area contributed by atoms with Gasteiger partial charge in [-0.05, 0) is 37.4 Å². The van der Waals surface area contributed by atoms with Crippen LogP contribution in [0, 0.1) is 16.0 Å². The van der Waals surface area contributed by atoms with E-state index >= 15 is 0 Å². The van der Waals surface area contributed by atoms with Gasteiger partial charge in [0.1, 0.15) is 10.7 Å². The highest BCUT2D eigenvalue weighted by molar-refractivity contribution is 7.13. The normalized spacial score (nSPS) is 20.2. The summed E-state index contributed by atoms with van der Waals surface area (Å²) in [5, 5.41) is 16.2. The smallest absolute Gasteiger partial charge is 0.271 e. The van der Waals surface area contributed by atoms with E-state index in [0.717, 1.165) is 31.2 Å². The number of carbonyl (C=O) groups excluding carboxylic acids is 1. The predicted molar refractivity (Wildman–Crippen MR) is 96.5 cm³/mol. The van der Waals surface area contributed by atoms with Gasteiger partial charge in [0.2, 0.25) is 0 Å². The van der Waals surface area contributed by atoms with Crippen molar-refractivity contribution in [1.29, 1.82) is 0 Å². The van der Waals surface area contributed by atoms with Gasteiger partial charge >= 0.3 is 0 Å². The van der Waals surface area contributed by atoms with Crippen molar-refractivity contribution in [3.8, 4) is 10.6 Å². The van der Waals surface area contributed by atoms with Crippen LogP contribution in [0.2, 0.25) is 0 Å². The topological polar surface area (TPSA) is 111 Å². The first-order valence-corrected chi connectivity index (χ1v) is 9.17. The van der Waals surface area contributed by atoms with Crippen LogP contribution in [0.4, 0.5) is 5.69 Å². The number of amides is 1. The highest BCUT2D eigenvalue weighted by Gasteiger charge is 2.26. The highest BCUT2D eigenvalue weighted by atomic mass is 32.1. The number of nitro benzene ring substituents is 1. The number of non-ortho nitro benzene ring substituents is 1. The quantitative estimate of drug-likeness (QED) is 0.629. The van der Waals surface area contributed by atoms with Crippen LogP contribution in [0.25, 0.3) is 10.6 Å². The number of nitrogens with zero attached hydrogens (tertiary/aromatic N) is 2. The molecule has 0 radical (unpaired) electrons. The zero-order valence-corrected chi connectivity index (χ0v) is 14.5. The van der Waals surface area contributed by atoms with E-state index < -0.39 is 4.92 Å². The van der Waals surface area contributed by atoms with E-state index in [-0.39, 0.29) is 17.6 Å². The van der Waals surface area contributed by atoms with Crippen LogP contribution in [0.1, 0.15) is 36.2 Å². The SMILES string of the molecule is NCC1CCCCC1NC(=O)c1csc(-c2ccc([N+](=O)[O-])cc2)n1. The minimum absolute atomic E-state index is 0.0309. The maximum Gasteiger partial charge on any atom is 0.271 e. The van der Waals surface area contributed by atoms with Crippen molar-refractivity contribution < 1.29 is 9.72 Å². The molecule has 1 aliphatic carbocycles. The summed E-state index contributed by atoms with van der Waals surface area (Å²) in [5.74, 6) is 0.139. The van der Waals surface area contributed by atoms with Crippen molar-refractivity contribution in [3.05, 3.63) is 45.5 Å². The second-order valence-corrected chi connectivity index (χ2v) is 7.06. The molecule has 132 valence electrons. The van der Waals surface area contributed by atoms with Gasteiger partial charge in [0, 0.05) is 29.1 Å². The number of aromatic nitrogens is 1. The van der Waals surface area contributed by atoms with Crippen LogP contribution in [0.3, 0.4) is 0 Å². The Morgan fingerprint density at radius 1 is 1.32 bits per heavy atom. The molecule has 0 saturated heterocycles. The summed E-state index contributed by atoms with van der Waals surface area (Å²) in [6, 6.07) is 6.26. The van der Waals surface area contributed by atoms with Crippen LogP contribution < -0.4 is 11.1 Å². The lowest BCUT2D eigenvalue weighted by Crippen LogP contribution is -2.44. The minimum atomic E-state index is -0.442. The first-order chi connectivity index (χ1) is 12.1. The number of thiazole rings is 1. The van der Waals surface area contributed by atoms with Crippen molar-refractivity contribution >= 4 is 22.9 Å². The molecule has 1 aliphatic rings. The van der Waals surface area contributed by atoms with E-state index in [1.807, 2.05) is 0 Å². The molecule has 1 fully saturated rings. The Bertz CT molecular complexity index is 760. The van der Waals surface area contributed by atoms with Crippen molar-refractivity contribution in [2.75, 3.05) is 6.54 Å². The van der Waals surface area contributed by atoms with Gasteiger partial charge in [-0.25, -0.2) is 4.98 Å². The van der Waals surface area contributed by atoms with Gasteiger partial charge in [-0.15, -0.1) is 11.3 Å². The largest absolute Gasteiger partial charge is 0.348 e. The van der Waals surface area contributed by atoms with E-state index in [1.165, 1.54) is 23.5 Å². The minimum Gasteiger partial charge on any atom is -0.348 e. The second-order valence-electron chi connectivity index (χ2n) is 6.20. The summed E-state index contributed by atoms with van der Waals surface area (Å²) in [6.07, 6.45) is 4.27. The molecule has 1 aromatic heterocycles. The number of benzene rings is 1. The molecular formula is C17H20N4O3S. The van der Waals surface area contributed by atoms with Crippen molar-refractivity contribution in [1.82, 2.24) is 10.3 Å². The first-order valence-electron chi connectivity index (χ1n) is 8.29.